The van der Waals surface area contributed by atoms with Gasteiger partial charge in [0.05, 0.1) is 28.4 Å². The second kappa shape index (κ2) is 9.18. The highest BCUT2D eigenvalue weighted by atomic mass is 32.2. The van der Waals surface area contributed by atoms with Crippen molar-refractivity contribution in [1.29, 1.82) is 0 Å². The first-order valence-corrected chi connectivity index (χ1v) is 11.9. The third-order valence-corrected chi connectivity index (χ3v) is 6.86. The van der Waals surface area contributed by atoms with Crippen molar-refractivity contribution in [2.45, 2.75) is 57.1 Å². The van der Waals surface area contributed by atoms with E-state index in [1.165, 1.54) is 0 Å². The molecule has 0 spiro atoms. The van der Waals surface area contributed by atoms with Crippen LogP contribution in [0.2, 0.25) is 0 Å². The lowest BCUT2D eigenvalue weighted by molar-refractivity contribution is -0.0585. The van der Waals surface area contributed by atoms with Crippen LogP contribution in [0.1, 0.15) is 56.0 Å². The molecule has 1 aliphatic heterocycles. The van der Waals surface area contributed by atoms with E-state index in [1.54, 1.807) is 41.3 Å². The summed E-state index contributed by atoms with van der Waals surface area (Å²) in [5, 5.41) is 0. The molecule has 0 bridgehead atoms. The number of carbonyl (C=O) groups excluding carboxylic acids is 1. The number of benzene rings is 2. The molecule has 0 aromatic heterocycles. The van der Waals surface area contributed by atoms with Crippen LogP contribution in [-0.4, -0.2) is 44.5 Å². The first-order chi connectivity index (χ1) is 14.2. The smallest absolute Gasteiger partial charge is 0.261 e. The van der Waals surface area contributed by atoms with Gasteiger partial charge in [0.15, 0.2) is 0 Å². The molecule has 1 N–H and O–H groups in total. The number of amides is 1. The molecule has 30 heavy (non-hydrogen) atoms. The van der Waals surface area contributed by atoms with Crippen LogP contribution in [0.5, 0.6) is 0 Å². The van der Waals surface area contributed by atoms with Crippen LogP contribution in [0, 0.1) is 0 Å². The quantitative estimate of drug-likeness (QED) is 0.743. The van der Waals surface area contributed by atoms with Crippen molar-refractivity contribution in [3.05, 3.63) is 59.7 Å². The van der Waals surface area contributed by atoms with E-state index < -0.39 is 10.0 Å². The van der Waals surface area contributed by atoms with Gasteiger partial charge in [-0.25, -0.2) is 8.42 Å². The Balaban J connectivity index is 1.84. The zero-order valence-corrected chi connectivity index (χ0v) is 18.8. The van der Waals surface area contributed by atoms with Gasteiger partial charge in [-0.15, -0.1) is 0 Å². The van der Waals surface area contributed by atoms with Crippen LogP contribution in [-0.2, 0) is 14.8 Å². The molecule has 0 aliphatic carbocycles. The van der Waals surface area contributed by atoms with E-state index in [0.717, 1.165) is 12.0 Å². The van der Waals surface area contributed by atoms with Gasteiger partial charge >= 0.3 is 0 Å². The largest absolute Gasteiger partial charge is 0.372 e. The number of morpholine rings is 1. The van der Waals surface area contributed by atoms with Gasteiger partial charge in [0.25, 0.3) is 15.9 Å². The van der Waals surface area contributed by atoms with Crippen LogP contribution < -0.4 is 4.72 Å². The fourth-order valence-electron chi connectivity index (χ4n) is 3.69. The number of hydrogen-bond acceptors (Lipinski definition) is 4. The van der Waals surface area contributed by atoms with Crippen LogP contribution in [0.4, 0.5) is 5.69 Å². The summed E-state index contributed by atoms with van der Waals surface area (Å²) in [6.45, 7) is 9.00. The van der Waals surface area contributed by atoms with E-state index in [4.69, 9.17) is 4.74 Å². The number of nitrogens with one attached hydrogen (secondary N) is 1. The fraction of sp³-hybridized carbons (Fsp3) is 0.435. The number of hydrogen-bond donors (Lipinski definition) is 1. The lowest BCUT2D eigenvalue weighted by Crippen LogP contribution is -2.48. The van der Waals surface area contributed by atoms with E-state index in [2.05, 4.69) is 18.6 Å². The highest BCUT2D eigenvalue weighted by Gasteiger charge is 2.28. The van der Waals surface area contributed by atoms with Gasteiger partial charge in [-0.2, -0.15) is 0 Å². The van der Waals surface area contributed by atoms with E-state index >= 15 is 0 Å². The summed E-state index contributed by atoms with van der Waals surface area (Å²) in [6, 6.07) is 13.6. The van der Waals surface area contributed by atoms with Crippen molar-refractivity contribution in [3.8, 4) is 0 Å². The first-order valence-electron chi connectivity index (χ1n) is 10.4. The molecule has 1 fully saturated rings. The lowest BCUT2D eigenvalue weighted by atomic mass is 9.99. The van der Waals surface area contributed by atoms with E-state index in [1.807, 2.05) is 26.0 Å². The third-order valence-electron chi connectivity index (χ3n) is 5.48. The van der Waals surface area contributed by atoms with Crippen LogP contribution in [0.25, 0.3) is 0 Å². The monoisotopic (exact) mass is 430 g/mol. The molecular weight excluding hydrogens is 400 g/mol. The number of rotatable bonds is 6. The van der Waals surface area contributed by atoms with E-state index in [-0.39, 0.29) is 28.7 Å². The summed E-state index contributed by atoms with van der Waals surface area (Å²) >= 11 is 0. The molecule has 0 saturated carbocycles. The number of carbonyl (C=O) groups is 1. The Labute approximate surface area is 179 Å². The second-order valence-corrected chi connectivity index (χ2v) is 9.68. The van der Waals surface area contributed by atoms with Crippen molar-refractivity contribution in [1.82, 2.24) is 4.90 Å². The first kappa shape index (κ1) is 22.3. The van der Waals surface area contributed by atoms with Crippen molar-refractivity contribution in [3.63, 3.8) is 0 Å². The van der Waals surface area contributed by atoms with Crippen LogP contribution >= 0.6 is 0 Å². The van der Waals surface area contributed by atoms with E-state index in [0.29, 0.717) is 24.6 Å². The molecule has 2 aromatic rings. The van der Waals surface area contributed by atoms with Crippen LogP contribution in [0.15, 0.2) is 53.4 Å². The summed E-state index contributed by atoms with van der Waals surface area (Å²) in [6.07, 6.45) is 0.856. The Morgan fingerprint density at radius 2 is 1.70 bits per heavy atom. The number of nitrogens with zero attached hydrogens (tertiary/aromatic N) is 1. The normalized spacial score (nSPS) is 20.6. The molecule has 0 radical (unpaired) electrons. The molecule has 1 aliphatic rings. The minimum Gasteiger partial charge on any atom is -0.372 e. The standard InChI is InChI=1S/C23H30N2O4S/c1-5-16(2)19-10-12-20(13-11-19)30(27,28)24-22-9-7-6-8-21(22)23(26)25-14-17(3)29-18(4)15-25/h6-13,16-18,24H,5,14-15H2,1-4H3. The average Bonchev–Trinajstić information content (AvgIpc) is 2.72. The van der Waals surface area contributed by atoms with Gasteiger partial charge < -0.3 is 9.64 Å². The van der Waals surface area contributed by atoms with Gasteiger partial charge in [0, 0.05) is 13.1 Å². The molecule has 1 saturated heterocycles. The van der Waals surface area contributed by atoms with E-state index in [9.17, 15) is 13.2 Å². The number of ether oxygens (including phenoxy) is 1. The zero-order valence-electron chi connectivity index (χ0n) is 18.0. The molecule has 3 unspecified atom stereocenters. The predicted octanol–water partition coefficient (Wildman–Crippen LogP) is 4.25. The maximum Gasteiger partial charge on any atom is 0.261 e. The van der Waals surface area contributed by atoms with Gasteiger partial charge in [0.1, 0.15) is 0 Å². The molecule has 1 heterocycles. The maximum absolute atomic E-state index is 13.1. The van der Waals surface area contributed by atoms with Crippen LogP contribution in [0.3, 0.4) is 0 Å². The molecule has 7 heteroatoms. The lowest BCUT2D eigenvalue weighted by Gasteiger charge is -2.35. The fourth-order valence-corrected chi connectivity index (χ4v) is 4.77. The number of anilines is 1. The third kappa shape index (κ3) is 5.02. The molecular formula is C23H30N2O4S. The van der Waals surface area contributed by atoms with Crippen molar-refractivity contribution < 1.29 is 17.9 Å². The zero-order chi connectivity index (χ0) is 21.9. The Hall–Kier alpha value is -2.38. The van der Waals surface area contributed by atoms with Gasteiger partial charge in [-0.1, -0.05) is 38.1 Å². The predicted molar refractivity (Wildman–Crippen MR) is 118 cm³/mol. The summed E-state index contributed by atoms with van der Waals surface area (Å²) in [7, 11) is -3.82. The van der Waals surface area contributed by atoms with Gasteiger partial charge in [-0.3, -0.25) is 9.52 Å². The van der Waals surface area contributed by atoms with Gasteiger partial charge in [0.2, 0.25) is 0 Å². The Bertz CT molecular complexity index is 979. The highest BCUT2D eigenvalue weighted by molar-refractivity contribution is 7.92. The molecule has 1 amide bonds. The van der Waals surface area contributed by atoms with Gasteiger partial charge in [-0.05, 0) is 56.0 Å². The summed E-state index contributed by atoms with van der Waals surface area (Å²) < 4.78 is 34.2. The molecule has 3 atom stereocenters. The Morgan fingerprint density at radius 1 is 1.10 bits per heavy atom. The summed E-state index contributed by atoms with van der Waals surface area (Å²) in [4.78, 5) is 15.0. The average molecular weight is 431 g/mol. The summed E-state index contributed by atoms with van der Waals surface area (Å²) in [5.74, 6) is 0.161. The maximum atomic E-state index is 13.1. The number of para-hydroxylation sites is 1. The topological polar surface area (TPSA) is 75.7 Å². The van der Waals surface area contributed by atoms with Crippen molar-refractivity contribution in [2.75, 3.05) is 17.8 Å². The number of sulfonamides is 1. The molecule has 3 rings (SSSR count). The highest BCUT2D eigenvalue weighted by Crippen LogP contribution is 2.25. The SMILES string of the molecule is CCC(C)c1ccc(S(=O)(=O)Nc2ccccc2C(=O)N2CC(C)OC(C)C2)cc1. The Morgan fingerprint density at radius 3 is 2.30 bits per heavy atom. The second-order valence-electron chi connectivity index (χ2n) is 8.00. The van der Waals surface area contributed by atoms with Crippen molar-refractivity contribution in [2.24, 2.45) is 0 Å². The molecule has 2 aromatic carbocycles. The minimum atomic E-state index is -3.82. The molecule has 162 valence electrons. The molecule has 6 nitrogen and oxygen atoms in total. The minimum absolute atomic E-state index is 0.0643. The van der Waals surface area contributed by atoms with Crippen molar-refractivity contribution >= 4 is 21.6 Å². The summed E-state index contributed by atoms with van der Waals surface area (Å²) in [5.41, 5.74) is 1.71. The Kier molecular flexibility index (Phi) is 6.83.